The molecule has 3 N–H and O–H groups in total. The smallest absolute Gasteiger partial charge is 0.218 e. The molecule has 208 valence electrons. The van der Waals surface area contributed by atoms with Crippen LogP contribution in [0, 0.1) is 5.41 Å². The summed E-state index contributed by atoms with van der Waals surface area (Å²) in [5.41, 5.74) is 4.25. The van der Waals surface area contributed by atoms with Gasteiger partial charge in [0, 0.05) is 55.8 Å². The van der Waals surface area contributed by atoms with Crippen LogP contribution in [-0.2, 0) is 17.6 Å². The zero-order chi connectivity index (χ0) is 27.6. The number of hydrogen-bond donors (Lipinski definition) is 3. The molecule has 5 rings (SSSR count). The minimum Gasteiger partial charge on any atom is -0.471 e. The van der Waals surface area contributed by atoms with Gasteiger partial charge in [-0.1, -0.05) is 32.9 Å². The van der Waals surface area contributed by atoms with Crippen LogP contribution in [0.1, 0.15) is 76.1 Å². The summed E-state index contributed by atoms with van der Waals surface area (Å²) >= 11 is 0. The largest absolute Gasteiger partial charge is 0.471 e. The number of carbonyl (C=O) groups excluding carboxylic acids is 1. The lowest BCUT2D eigenvalue weighted by atomic mass is 9.73. The molecular formula is C31H41N5O3. The summed E-state index contributed by atoms with van der Waals surface area (Å²) < 4.78 is 8.36. The molecule has 3 atom stereocenters. The molecule has 2 aromatic heterocycles. The van der Waals surface area contributed by atoms with Crippen LogP contribution in [0.15, 0.2) is 55.2 Å². The van der Waals surface area contributed by atoms with Gasteiger partial charge in [-0.25, -0.2) is 9.97 Å². The van der Waals surface area contributed by atoms with Crippen LogP contribution in [0.25, 0.3) is 5.69 Å². The molecule has 1 aromatic carbocycles. The van der Waals surface area contributed by atoms with Gasteiger partial charge >= 0.3 is 0 Å². The number of aliphatic hydroxyl groups is 1. The number of rotatable bonds is 9. The normalized spacial score (nSPS) is 19.5. The molecule has 1 aliphatic carbocycles. The van der Waals surface area contributed by atoms with Crippen molar-refractivity contribution < 1.29 is 14.6 Å². The van der Waals surface area contributed by atoms with Crippen molar-refractivity contribution in [2.75, 3.05) is 6.54 Å². The van der Waals surface area contributed by atoms with E-state index in [-0.39, 0.29) is 23.0 Å². The first kappa shape index (κ1) is 27.3. The van der Waals surface area contributed by atoms with Crippen LogP contribution in [0.3, 0.4) is 0 Å². The summed E-state index contributed by atoms with van der Waals surface area (Å²) in [6.07, 6.45) is 12.1. The number of amides is 1. The van der Waals surface area contributed by atoms with Crippen LogP contribution in [-0.4, -0.2) is 49.8 Å². The average molecular weight is 532 g/mol. The number of aliphatic hydroxyl groups excluding tert-OH is 1. The van der Waals surface area contributed by atoms with Crippen LogP contribution in [0.5, 0.6) is 5.88 Å². The first-order chi connectivity index (χ1) is 18.6. The number of pyridine rings is 1. The second kappa shape index (κ2) is 11.1. The Morgan fingerprint density at radius 3 is 2.74 bits per heavy atom. The second-order valence-corrected chi connectivity index (χ2v) is 12.5. The van der Waals surface area contributed by atoms with Gasteiger partial charge in [-0.05, 0) is 66.8 Å². The summed E-state index contributed by atoms with van der Waals surface area (Å²) in [6.45, 7) is 8.52. The lowest BCUT2D eigenvalue weighted by molar-refractivity contribution is -0.120. The quantitative estimate of drug-likeness (QED) is 0.381. The highest BCUT2D eigenvalue weighted by Gasteiger charge is 2.46. The highest BCUT2D eigenvalue weighted by atomic mass is 16.5. The lowest BCUT2D eigenvalue weighted by Gasteiger charge is -2.47. The van der Waals surface area contributed by atoms with Crippen molar-refractivity contribution in [1.82, 2.24) is 25.2 Å². The number of imidazole rings is 1. The molecule has 0 bridgehead atoms. The monoisotopic (exact) mass is 531 g/mol. The van der Waals surface area contributed by atoms with Crippen molar-refractivity contribution in [3.05, 3.63) is 71.9 Å². The van der Waals surface area contributed by atoms with Gasteiger partial charge in [-0.15, -0.1) is 0 Å². The van der Waals surface area contributed by atoms with Crippen LogP contribution in [0.2, 0.25) is 0 Å². The molecule has 0 unspecified atom stereocenters. The second-order valence-electron chi connectivity index (χ2n) is 12.5. The fraction of sp³-hybridized carbons (Fsp3) is 0.516. The first-order valence-electron chi connectivity index (χ1n) is 14.0. The number of fused-ring (bicyclic) bond motifs is 1. The van der Waals surface area contributed by atoms with Gasteiger partial charge in [0.2, 0.25) is 11.8 Å². The van der Waals surface area contributed by atoms with Gasteiger partial charge in [-0.3, -0.25) is 4.79 Å². The zero-order valence-corrected chi connectivity index (χ0v) is 23.5. The molecule has 1 saturated carbocycles. The summed E-state index contributed by atoms with van der Waals surface area (Å²) in [6, 6.07) is 9.89. The van der Waals surface area contributed by atoms with E-state index in [0.717, 1.165) is 48.9 Å². The van der Waals surface area contributed by atoms with Crippen molar-refractivity contribution in [2.24, 2.45) is 5.41 Å². The van der Waals surface area contributed by atoms with E-state index in [0.29, 0.717) is 18.8 Å². The Morgan fingerprint density at radius 1 is 1.26 bits per heavy atom. The van der Waals surface area contributed by atoms with E-state index in [1.54, 1.807) is 12.5 Å². The minimum atomic E-state index is -0.778. The molecule has 0 radical (unpaired) electrons. The predicted molar refractivity (Wildman–Crippen MR) is 151 cm³/mol. The predicted octanol–water partition coefficient (Wildman–Crippen LogP) is 4.30. The number of aromatic nitrogens is 3. The maximum Gasteiger partial charge on any atom is 0.218 e. The van der Waals surface area contributed by atoms with Gasteiger partial charge in [0.1, 0.15) is 5.60 Å². The Balaban J connectivity index is 1.31. The van der Waals surface area contributed by atoms with Crippen LogP contribution < -0.4 is 15.4 Å². The molecule has 8 heteroatoms. The highest BCUT2D eigenvalue weighted by molar-refractivity contribution is 5.73. The third kappa shape index (κ3) is 6.68. The number of benzene rings is 1. The maximum absolute atomic E-state index is 12.1. The summed E-state index contributed by atoms with van der Waals surface area (Å²) in [7, 11) is 0. The molecule has 1 spiro atoms. The number of hydrogen-bond acceptors (Lipinski definition) is 6. The van der Waals surface area contributed by atoms with E-state index >= 15 is 0 Å². The van der Waals surface area contributed by atoms with Crippen molar-refractivity contribution in [2.45, 2.75) is 90.0 Å². The Kier molecular flexibility index (Phi) is 7.78. The average Bonchev–Trinajstić information content (AvgIpc) is 3.40. The fourth-order valence-corrected chi connectivity index (χ4v) is 5.81. The van der Waals surface area contributed by atoms with E-state index in [1.807, 2.05) is 35.2 Å². The summed E-state index contributed by atoms with van der Waals surface area (Å²) in [5, 5.41) is 17.9. The van der Waals surface area contributed by atoms with E-state index in [4.69, 9.17) is 9.72 Å². The van der Waals surface area contributed by atoms with Crippen molar-refractivity contribution in [1.29, 1.82) is 0 Å². The van der Waals surface area contributed by atoms with Gasteiger partial charge in [0.25, 0.3) is 0 Å². The summed E-state index contributed by atoms with van der Waals surface area (Å²) in [5.74, 6) is 0.547. The molecule has 0 saturated heterocycles. The number of nitrogens with one attached hydrogen (secondary N) is 2. The van der Waals surface area contributed by atoms with Crippen LogP contribution in [0.4, 0.5) is 0 Å². The molecule has 1 fully saturated rings. The molecule has 8 nitrogen and oxygen atoms in total. The third-order valence-corrected chi connectivity index (χ3v) is 7.79. The number of carbonyl (C=O) groups is 1. The van der Waals surface area contributed by atoms with Crippen molar-refractivity contribution >= 4 is 5.91 Å². The SMILES string of the molecule is CC(=O)N[C@@H](Cc1cccc(-n2ccnc2)c1)[C@@H](O)CN[C@H]1CC2(CCC2)Oc2ncc(CC(C)(C)C)cc21. The Morgan fingerprint density at radius 2 is 2.08 bits per heavy atom. The van der Waals surface area contributed by atoms with Gasteiger partial charge < -0.3 is 25.0 Å². The topological polar surface area (TPSA) is 101 Å². The maximum atomic E-state index is 12.1. The standard InChI is InChI=1S/C31H41N5O3/c1-21(37)35-26(15-22-7-5-8-24(13-22)36-12-11-32-20-36)28(38)19-33-27-17-31(9-6-10-31)39-29-25(27)14-23(18-34-29)16-30(2,3)4/h5,7-8,11-14,18,20,26-28,33,38H,6,9-10,15-17,19H2,1-4H3,(H,35,37)/t26-,27-,28-/m0/s1. The van der Waals surface area contributed by atoms with Gasteiger partial charge in [0.15, 0.2) is 0 Å². The Bertz CT molecular complexity index is 1280. The zero-order valence-electron chi connectivity index (χ0n) is 23.5. The molecule has 2 aliphatic rings. The number of nitrogens with zero attached hydrogens (tertiary/aromatic N) is 3. The molecule has 3 aromatic rings. The van der Waals surface area contributed by atoms with Crippen molar-refractivity contribution in [3.63, 3.8) is 0 Å². The van der Waals surface area contributed by atoms with Gasteiger partial charge in [-0.2, -0.15) is 0 Å². The molecule has 1 amide bonds. The van der Waals surface area contributed by atoms with E-state index in [1.165, 1.54) is 12.5 Å². The van der Waals surface area contributed by atoms with Gasteiger partial charge in [0.05, 0.1) is 18.5 Å². The van der Waals surface area contributed by atoms with Crippen LogP contribution >= 0.6 is 0 Å². The Labute approximate surface area is 231 Å². The van der Waals surface area contributed by atoms with Crippen molar-refractivity contribution in [3.8, 4) is 11.6 Å². The number of ether oxygens (including phenoxy) is 1. The molecule has 1 aliphatic heterocycles. The molecule has 3 heterocycles. The van der Waals surface area contributed by atoms with E-state index < -0.39 is 12.1 Å². The third-order valence-electron chi connectivity index (χ3n) is 7.79. The Hall–Kier alpha value is -3.23. The first-order valence-corrected chi connectivity index (χ1v) is 14.0. The fourth-order valence-electron chi connectivity index (χ4n) is 5.81. The minimum absolute atomic E-state index is 0.0265. The summed E-state index contributed by atoms with van der Waals surface area (Å²) in [4.78, 5) is 20.9. The molecule has 39 heavy (non-hydrogen) atoms. The molecular weight excluding hydrogens is 490 g/mol. The van der Waals surface area contributed by atoms with E-state index in [9.17, 15) is 9.90 Å². The lowest BCUT2D eigenvalue weighted by Crippen LogP contribution is -2.52. The highest BCUT2D eigenvalue weighted by Crippen LogP contribution is 2.48. The van der Waals surface area contributed by atoms with E-state index in [2.05, 4.69) is 48.5 Å².